The van der Waals surface area contributed by atoms with Gasteiger partial charge in [0.15, 0.2) is 5.69 Å². The predicted octanol–water partition coefficient (Wildman–Crippen LogP) is 0.671. The molecule has 1 aliphatic rings. The van der Waals surface area contributed by atoms with E-state index in [1.165, 1.54) is 7.11 Å². The smallest absolute Gasteiger partial charge is 0.218 e. The summed E-state index contributed by atoms with van der Waals surface area (Å²) < 4.78 is 12.1. The molecule has 1 saturated heterocycles. The number of rotatable bonds is 5. The lowest BCUT2D eigenvalue weighted by Crippen LogP contribution is -2.43. The van der Waals surface area contributed by atoms with Crippen LogP contribution < -0.4 is 14.8 Å². The standard InChI is InChI=1S/C14H16N4O3/c1-20-10-3-4-11(13(5-10)21-2)14(19)12-8-18(17-16-12)9-6-15-7-9/h3-5,8-9,15H,6-7H2,1-2H3. The fourth-order valence-electron chi connectivity index (χ4n) is 2.14. The van der Waals surface area contributed by atoms with Gasteiger partial charge in [0.1, 0.15) is 11.5 Å². The lowest BCUT2D eigenvalue weighted by Gasteiger charge is -2.26. The van der Waals surface area contributed by atoms with Crippen LogP contribution in [0.3, 0.4) is 0 Å². The van der Waals surface area contributed by atoms with Gasteiger partial charge in [-0.1, -0.05) is 5.21 Å². The predicted molar refractivity (Wildman–Crippen MR) is 74.9 cm³/mol. The Kier molecular flexibility index (Phi) is 3.57. The molecular formula is C14H16N4O3. The van der Waals surface area contributed by atoms with E-state index in [4.69, 9.17) is 9.47 Å². The molecule has 0 spiro atoms. The average molecular weight is 288 g/mol. The monoisotopic (exact) mass is 288 g/mol. The molecule has 0 amide bonds. The number of benzene rings is 1. The van der Waals surface area contributed by atoms with Crippen molar-refractivity contribution in [3.05, 3.63) is 35.7 Å². The number of ketones is 1. The second-order valence-corrected chi connectivity index (χ2v) is 4.79. The van der Waals surface area contributed by atoms with Gasteiger partial charge in [-0.3, -0.25) is 4.79 Å². The highest BCUT2D eigenvalue weighted by Crippen LogP contribution is 2.26. The van der Waals surface area contributed by atoms with Crippen molar-refractivity contribution in [1.29, 1.82) is 0 Å². The Morgan fingerprint density at radius 3 is 2.76 bits per heavy atom. The number of aromatic nitrogens is 3. The molecular weight excluding hydrogens is 272 g/mol. The highest BCUT2D eigenvalue weighted by atomic mass is 16.5. The van der Waals surface area contributed by atoms with Gasteiger partial charge in [-0.25, -0.2) is 4.68 Å². The molecule has 0 atom stereocenters. The topological polar surface area (TPSA) is 78.3 Å². The summed E-state index contributed by atoms with van der Waals surface area (Å²) in [6.07, 6.45) is 1.68. The third kappa shape index (κ3) is 2.47. The first-order chi connectivity index (χ1) is 10.2. The molecule has 0 bridgehead atoms. The van der Waals surface area contributed by atoms with Gasteiger partial charge in [0.05, 0.1) is 32.0 Å². The second kappa shape index (κ2) is 5.53. The molecule has 110 valence electrons. The summed E-state index contributed by atoms with van der Waals surface area (Å²) in [6.45, 7) is 1.70. The summed E-state index contributed by atoms with van der Waals surface area (Å²) in [5.41, 5.74) is 0.752. The van der Waals surface area contributed by atoms with Crippen LogP contribution >= 0.6 is 0 Å². The number of hydrogen-bond donors (Lipinski definition) is 1. The molecule has 3 rings (SSSR count). The molecule has 0 saturated carbocycles. The minimum Gasteiger partial charge on any atom is -0.497 e. The maximum absolute atomic E-state index is 12.5. The number of carbonyl (C=O) groups excluding carboxylic acids is 1. The van der Waals surface area contributed by atoms with E-state index in [9.17, 15) is 4.79 Å². The van der Waals surface area contributed by atoms with E-state index in [0.717, 1.165) is 13.1 Å². The molecule has 7 nitrogen and oxygen atoms in total. The van der Waals surface area contributed by atoms with Crippen molar-refractivity contribution in [2.45, 2.75) is 6.04 Å². The van der Waals surface area contributed by atoms with Crippen molar-refractivity contribution in [1.82, 2.24) is 20.3 Å². The van der Waals surface area contributed by atoms with Crippen molar-refractivity contribution >= 4 is 5.78 Å². The highest BCUT2D eigenvalue weighted by molar-refractivity contribution is 6.09. The van der Waals surface area contributed by atoms with Crippen LogP contribution in [0.25, 0.3) is 0 Å². The number of methoxy groups -OCH3 is 2. The third-order valence-electron chi connectivity index (χ3n) is 3.53. The van der Waals surface area contributed by atoms with Crippen LogP contribution in [-0.2, 0) is 0 Å². The zero-order valence-electron chi connectivity index (χ0n) is 11.9. The van der Waals surface area contributed by atoms with Crippen LogP contribution in [0.15, 0.2) is 24.4 Å². The molecule has 1 aromatic heterocycles. The Hall–Kier alpha value is -2.41. The number of nitrogens with zero attached hydrogens (tertiary/aromatic N) is 3. The van der Waals surface area contributed by atoms with Gasteiger partial charge in [-0.2, -0.15) is 0 Å². The maximum atomic E-state index is 12.5. The summed E-state index contributed by atoms with van der Waals surface area (Å²) in [6, 6.07) is 5.34. The van der Waals surface area contributed by atoms with E-state index in [1.54, 1.807) is 36.2 Å². The summed E-state index contributed by atoms with van der Waals surface area (Å²) in [5.74, 6) is 0.875. The van der Waals surface area contributed by atoms with Gasteiger partial charge < -0.3 is 14.8 Å². The Balaban J connectivity index is 1.88. The lowest BCUT2D eigenvalue weighted by atomic mass is 10.1. The van der Waals surface area contributed by atoms with Crippen molar-refractivity contribution in [3.63, 3.8) is 0 Å². The molecule has 1 N–H and O–H groups in total. The molecule has 1 fully saturated rings. The SMILES string of the molecule is COc1ccc(C(=O)c2cn(C3CNC3)nn2)c(OC)c1. The van der Waals surface area contributed by atoms with E-state index < -0.39 is 0 Å². The van der Waals surface area contributed by atoms with Crippen LogP contribution in [-0.4, -0.2) is 48.1 Å². The Morgan fingerprint density at radius 2 is 2.14 bits per heavy atom. The van der Waals surface area contributed by atoms with Gasteiger partial charge >= 0.3 is 0 Å². The van der Waals surface area contributed by atoms with Gasteiger partial charge in [-0.05, 0) is 12.1 Å². The van der Waals surface area contributed by atoms with Crippen LogP contribution in [0.5, 0.6) is 11.5 Å². The van der Waals surface area contributed by atoms with Gasteiger partial charge in [0, 0.05) is 19.2 Å². The quantitative estimate of drug-likeness (QED) is 0.815. The first kappa shape index (κ1) is 13.6. The maximum Gasteiger partial charge on any atom is 0.218 e. The van der Waals surface area contributed by atoms with Crippen molar-refractivity contribution < 1.29 is 14.3 Å². The molecule has 1 aliphatic heterocycles. The molecule has 21 heavy (non-hydrogen) atoms. The second-order valence-electron chi connectivity index (χ2n) is 4.79. The molecule has 0 radical (unpaired) electrons. The summed E-state index contributed by atoms with van der Waals surface area (Å²) in [4.78, 5) is 12.5. The van der Waals surface area contributed by atoms with Crippen LogP contribution in [0.4, 0.5) is 0 Å². The van der Waals surface area contributed by atoms with Gasteiger partial charge in [0.25, 0.3) is 0 Å². The highest BCUT2D eigenvalue weighted by Gasteiger charge is 2.23. The minimum absolute atomic E-state index is 0.215. The fourth-order valence-corrected chi connectivity index (χ4v) is 2.14. The third-order valence-corrected chi connectivity index (χ3v) is 3.53. The van der Waals surface area contributed by atoms with E-state index in [-0.39, 0.29) is 11.8 Å². The van der Waals surface area contributed by atoms with Crippen LogP contribution in [0.2, 0.25) is 0 Å². The first-order valence-corrected chi connectivity index (χ1v) is 6.62. The summed E-state index contributed by atoms with van der Waals surface area (Å²) in [5, 5.41) is 11.1. The zero-order valence-corrected chi connectivity index (χ0v) is 11.9. The Labute approximate surface area is 121 Å². The zero-order chi connectivity index (χ0) is 14.8. The molecule has 2 aromatic rings. The number of ether oxygens (including phenoxy) is 2. The van der Waals surface area contributed by atoms with Crippen LogP contribution in [0, 0.1) is 0 Å². The molecule has 7 heteroatoms. The van der Waals surface area contributed by atoms with Crippen molar-refractivity contribution in [2.75, 3.05) is 27.3 Å². The molecule has 0 unspecified atom stereocenters. The molecule has 2 heterocycles. The lowest BCUT2D eigenvalue weighted by molar-refractivity contribution is 0.103. The Morgan fingerprint density at radius 1 is 1.33 bits per heavy atom. The minimum atomic E-state index is -0.215. The van der Waals surface area contributed by atoms with E-state index >= 15 is 0 Å². The first-order valence-electron chi connectivity index (χ1n) is 6.62. The Bertz CT molecular complexity index is 664. The summed E-state index contributed by atoms with van der Waals surface area (Å²) >= 11 is 0. The van der Waals surface area contributed by atoms with E-state index in [2.05, 4.69) is 15.6 Å². The van der Waals surface area contributed by atoms with E-state index in [1.807, 2.05) is 0 Å². The van der Waals surface area contributed by atoms with Crippen LogP contribution in [0.1, 0.15) is 22.1 Å². The summed E-state index contributed by atoms with van der Waals surface area (Å²) in [7, 11) is 3.08. The van der Waals surface area contributed by atoms with E-state index in [0.29, 0.717) is 22.8 Å². The number of hydrogen-bond acceptors (Lipinski definition) is 6. The fraction of sp³-hybridized carbons (Fsp3) is 0.357. The van der Waals surface area contributed by atoms with Crippen molar-refractivity contribution in [2.24, 2.45) is 0 Å². The number of carbonyl (C=O) groups is 1. The molecule has 0 aliphatic carbocycles. The van der Waals surface area contributed by atoms with Gasteiger partial charge in [0.2, 0.25) is 5.78 Å². The normalized spacial score (nSPS) is 14.6. The largest absolute Gasteiger partial charge is 0.497 e. The average Bonchev–Trinajstić information content (AvgIpc) is 2.93. The van der Waals surface area contributed by atoms with Crippen molar-refractivity contribution in [3.8, 4) is 11.5 Å². The number of nitrogens with one attached hydrogen (secondary N) is 1. The molecule has 1 aromatic carbocycles. The van der Waals surface area contributed by atoms with Gasteiger partial charge in [-0.15, -0.1) is 5.10 Å².